The van der Waals surface area contributed by atoms with Crippen LogP contribution in [0.4, 0.5) is 8.78 Å². The third-order valence-electron chi connectivity index (χ3n) is 2.89. The van der Waals surface area contributed by atoms with Crippen molar-refractivity contribution < 1.29 is 23.4 Å². The SMILES string of the molecule is O=C(Cc1ccn[nH]1)NCC(O)c1ccc(OC(F)F)cc1. The second-order valence-electron chi connectivity index (χ2n) is 4.53. The van der Waals surface area contributed by atoms with Gasteiger partial charge in [0, 0.05) is 18.4 Å². The van der Waals surface area contributed by atoms with Gasteiger partial charge in [-0.15, -0.1) is 0 Å². The molecule has 8 heteroatoms. The molecule has 1 atom stereocenters. The maximum absolute atomic E-state index is 12.0. The van der Waals surface area contributed by atoms with Gasteiger partial charge in [-0.1, -0.05) is 12.1 Å². The predicted molar refractivity (Wildman–Crippen MR) is 73.3 cm³/mol. The molecule has 118 valence electrons. The lowest BCUT2D eigenvalue weighted by molar-refractivity contribution is -0.121. The smallest absolute Gasteiger partial charge is 0.387 e. The van der Waals surface area contributed by atoms with Gasteiger partial charge >= 0.3 is 6.61 Å². The zero-order valence-electron chi connectivity index (χ0n) is 11.5. The van der Waals surface area contributed by atoms with Crippen molar-refractivity contribution in [3.8, 4) is 5.75 Å². The highest BCUT2D eigenvalue weighted by molar-refractivity contribution is 5.78. The normalized spacial score (nSPS) is 12.2. The van der Waals surface area contributed by atoms with Gasteiger partial charge in [0.2, 0.25) is 5.91 Å². The minimum atomic E-state index is -2.89. The third kappa shape index (κ3) is 4.81. The van der Waals surface area contributed by atoms with Crippen LogP contribution < -0.4 is 10.1 Å². The number of halogens is 2. The molecule has 0 fully saturated rings. The Bertz CT molecular complexity index is 588. The van der Waals surface area contributed by atoms with Gasteiger partial charge in [0.25, 0.3) is 0 Å². The number of ether oxygens (including phenoxy) is 1. The summed E-state index contributed by atoms with van der Waals surface area (Å²) in [5, 5.41) is 18.9. The molecule has 0 bridgehead atoms. The molecular formula is C14H15F2N3O3. The van der Waals surface area contributed by atoms with Crippen LogP contribution in [0.5, 0.6) is 5.75 Å². The zero-order valence-corrected chi connectivity index (χ0v) is 11.5. The first-order valence-corrected chi connectivity index (χ1v) is 6.52. The fraction of sp³-hybridized carbons (Fsp3) is 0.286. The number of aromatic amines is 1. The summed E-state index contributed by atoms with van der Waals surface area (Å²) in [7, 11) is 0. The van der Waals surface area contributed by atoms with Crippen LogP contribution >= 0.6 is 0 Å². The number of aromatic nitrogens is 2. The highest BCUT2D eigenvalue weighted by atomic mass is 19.3. The molecule has 1 heterocycles. The second-order valence-corrected chi connectivity index (χ2v) is 4.53. The summed E-state index contributed by atoms with van der Waals surface area (Å²) >= 11 is 0. The van der Waals surface area contributed by atoms with E-state index in [0.29, 0.717) is 11.3 Å². The van der Waals surface area contributed by atoms with Gasteiger partial charge in [-0.3, -0.25) is 9.89 Å². The maximum Gasteiger partial charge on any atom is 0.387 e. The summed E-state index contributed by atoms with van der Waals surface area (Å²) in [6.07, 6.45) is 0.736. The maximum atomic E-state index is 12.0. The van der Waals surface area contributed by atoms with Gasteiger partial charge in [0.1, 0.15) is 5.75 Å². The van der Waals surface area contributed by atoms with Crippen molar-refractivity contribution in [2.45, 2.75) is 19.1 Å². The lowest BCUT2D eigenvalue weighted by Gasteiger charge is -2.13. The molecule has 0 saturated heterocycles. The van der Waals surface area contributed by atoms with Gasteiger partial charge < -0.3 is 15.2 Å². The van der Waals surface area contributed by atoms with Crippen LogP contribution in [-0.2, 0) is 11.2 Å². The fourth-order valence-corrected chi connectivity index (χ4v) is 1.82. The second kappa shape index (κ2) is 7.51. The molecule has 2 rings (SSSR count). The molecule has 0 saturated carbocycles. The van der Waals surface area contributed by atoms with E-state index < -0.39 is 12.7 Å². The standard InChI is InChI=1S/C14H15F2N3O3/c15-14(16)22-11-3-1-9(2-4-11)12(20)8-17-13(21)7-10-5-6-18-19-10/h1-6,12,14,20H,7-8H2,(H,17,21)(H,18,19). The Labute approximate surface area is 125 Å². The molecule has 0 aliphatic heterocycles. The van der Waals surface area contributed by atoms with E-state index in [0.717, 1.165) is 0 Å². The molecule has 1 aromatic heterocycles. The summed E-state index contributed by atoms with van der Waals surface area (Å²) in [6, 6.07) is 7.26. The van der Waals surface area contributed by atoms with E-state index in [1.54, 1.807) is 12.3 Å². The highest BCUT2D eigenvalue weighted by Crippen LogP contribution is 2.18. The van der Waals surface area contributed by atoms with Crippen LogP contribution in [0.2, 0.25) is 0 Å². The van der Waals surface area contributed by atoms with E-state index >= 15 is 0 Å². The molecule has 6 nitrogen and oxygen atoms in total. The topological polar surface area (TPSA) is 87.2 Å². The molecule has 0 radical (unpaired) electrons. The van der Waals surface area contributed by atoms with Crippen molar-refractivity contribution in [3.63, 3.8) is 0 Å². The molecule has 0 aliphatic rings. The Morgan fingerprint density at radius 3 is 2.64 bits per heavy atom. The van der Waals surface area contributed by atoms with Crippen molar-refractivity contribution in [2.24, 2.45) is 0 Å². The first-order chi connectivity index (χ1) is 10.5. The van der Waals surface area contributed by atoms with Gasteiger partial charge in [-0.2, -0.15) is 13.9 Å². The van der Waals surface area contributed by atoms with Gasteiger partial charge in [-0.25, -0.2) is 0 Å². The van der Waals surface area contributed by atoms with Crippen LogP contribution in [0.3, 0.4) is 0 Å². The Kier molecular flexibility index (Phi) is 5.42. The number of carbonyl (C=O) groups is 1. The van der Waals surface area contributed by atoms with E-state index in [1.165, 1.54) is 24.3 Å². The zero-order chi connectivity index (χ0) is 15.9. The Morgan fingerprint density at radius 2 is 2.05 bits per heavy atom. The summed E-state index contributed by atoms with van der Waals surface area (Å²) < 4.78 is 28.2. The molecule has 0 aliphatic carbocycles. The van der Waals surface area contributed by atoms with E-state index in [2.05, 4.69) is 20.3 Å². The molecule has 3 N–H and O–H groups in total. The molecule has 22 heavy (non-hydrogen) atoms. The van der Waals surface area contributed by atoms with Crippen LogP contribution in [0.1, 0.15) is 17.4 Å². The Morgan fingerprint density at radius 1 is 1.32 bits per heavy atom. The minimum Gasteiger partial charge on any atom is -0.435 e. The monoisotopic (exact) mass is 311 g/mol. The molecule has 0 spiro atoms. The van der Waals surface area contributed by atoms with Crippen molar-refractivity contribution in [1.29, 1.82) is 0 Å². The first kappa shape index (κ1) is 15.9. The summed E-state index contributed by atoms with van der Waals surface area (Å²) in [5.41, 5.74) is 1.16. The quantitative estimate of drug-likeness (QED) is 0.721. The van der Waals surface area contributed by atoms with Gasteiger partial charge in [0.05, 0.1) is 12.5 Å². The van der Waals surface area contributed by atoms with Crippen molar-refractivity contribution >= 4 is 5.91 Å². The number of aliphatic hydroxyl groups is 1. The number of alkyl halides is 2. The largest absolute Gasteiger partial charge is 0.435 e. The molecule has 2 aromatic rings. The highest BCUT2D eigenvalue weighted by Gasteiger charge is 2.11. The minimum absolute atomic E-state index is 0.00855. The Balaban J connectivity index is 1.81. The molecule has 1 unspecified atom stereocenters. The number of aliphatic hydroxyl groups excluding tert-OH is 1. The molecule has 1 aromatic carbocycles. The number of nitrogens with one attached hydrogen (secondary N) is 2. The number of carbonyl (C=O) groups excluding carboxylic acids is 1. The first-order valence-electron chi connectivity index (χ1n) is 6.52. The van der Waals surface area contributed by atoms with Crippen LogP contribution in [0, 0.1) is 0 Å². The van der Waals surface area contributed by atoms with Crippen molar-refractivity contribution in [1.82, 2.24) is 15.5 Å². The van der Waals surface area contributed by atoms with E-state index in [4.69, 9.17) is 0 Å². The number of hydrogen-bond donors (Lipinski definition) is 3. The number of benzene rings is 1. The van der Waals surface area contributed by atoms with E-state index in [1.807, 2.05) is 0 Å². The number of nitrogens with zero attached hydrogens (tertiary/aromatic N) is 1. The summed E-state index contributed by atoms with van der Waals surface area (Å²) in [6.45, 7) is -2.88. The fourth-order valence-electron chi connectivity index (χ4n) is 1.82. The van der Waals surface area contributed by atoms with Crippen LogP contribution in [0.15, 0.2) is 36.5 Å². The van der Waals surface area contributed by atoms with E-state index in [-0.39, 0.29) is 24.6 Å². The number of H-pyrrole nitrogens is 1. The van der Waals surface area contributed by atoms with Gasteiger partial charge in [0.15, 0.2) is 0 Å². The van der Waals surface area contributed by atoms with Crippen molar-refractivity contribution in [2.75, 3.05) is 6.54 Å². The lowest BCUT2D eigenvalue weighted by atomic mass is 10.1. The molecular weight excluding hydrogens is 296 g/mol. The lowest BCUT2D eigenvalue weighted by Crippen LogP contribution is -2.29. The van der Waals surface area contributed by atoms with Crippen LogP contribution in [0.25, 0.3) is 0 Å². The number of rotatable bonds is 7. The van der Waals surface area contributed by atoms with Crippen molar-refractivity contribution in [3.05, 3.63) is 47.8 Å². The molecule has 1 amide bonds. The predicted octanol–water partition coefficient (Wildman–Crippen LogP) is 1.40. The Hall–Kier alpha value is -2.48. The summed E-state index contributed by atoms with van der Waals surface area (Å²) in [4.78, 5) is 11.6. The average molecular weight is 311 g/mol. The van der Waals surface area contributed by atoms with Gasteiger partial charge in [-0.05, 0) is 23.8 Å². The number of hydrogen-bond acceptors (Lipinski definition) is 4. The van der Waals surface area contributed by atoms with E-state index in [9.17, 15) is 18.7 Å². The van der Waals surface area contributed by atoms with Crippen LogP contribution in [-0.4, -0.2) is 34.4 Å². The third-order valence-corrected chi connectivity index (χ3v) is 2.89. The summed E-state index contributed by atoms with van der Waals surface area (Å²) in [5.74, 6) is -0.254. The number of amides is 1. The average Bonchev–Trinajstić information content (AvgIpc) is 2.98.